The molecule has 0 saturated heterocycles. The van der Waals surface area contributed by atoms with Gasteiger partial charge in [0.05, 0.1) is 11.4 Å². The Morgan fingerprint density at radius 2 is 1.88 bits per heavy atom. The minimum atomic E-state index is -0.469. The Hall–Kier alpha value is -0.880. The van der Waals surface area contributed by atoms with Crippen molar-refractivity contribution >= 4 is 17.5 Å². The van der Waals surface area contributed by atoms with E-state index in [1.165, 1.54) is 44.9 Å². The summed E-state index contributed by atoms with van der Waals surface area (Å²) in [6.45, 7) is 7.06. The number of hydrogen-bond acceptors (Lipinski definition) is 5. The maximum Gasteiger partial charge on any atom is 0.191 e. The Labute approximate surface area is 197 Å². The minimum absolute atomic E-state index is 0.153. The number of thioether (sulfide) groups is 1. The molecule has 0 spiro atoms. The number of rotatable bonds is 4. The van der Waals surface area contributed by atoms with Gasteiger partial charge < -0.3 is 9.67 Å². The third kappa shape index (κ3) is 3.68. The first kappa shape index (κ1) is 22.9. The number of ketones is 1. The van der Waals surface area contributed by atoms with Crippen LogP contribution in [-0.2, 0) is 11.8 Å². The van der Waals surface area contributed by atoms with Gasteiger partial charge in [-0.2, -0.15) is 0 Å². The van der Waals surface area contributed by atoms with Crippen molar-refractivity contribution in [1.82, 2.24) is 14.8 Å². The summed E-state index contributed by atoms with van der Waals surface area (Å²) < 4.78 is 1.90. The van der Waals surface area contributed by atoms with Crippen LogP contribution in [0.1, 0.15) is 85.0 Å². The summed E-state index contributed by atoms with van der Waals surface area (Å²) in [5.74, 6) is 4.03. The number of nitrogens with zero attached hydrogens (tertiary/aromatic N) is 3. The van der Waals surface area contributed by atoms with Crippen molar-refractivity contribution in [3.05, 3.63) is 6.33 Å². The maximum absolute atomic E-state index is 13.5. The molecule has 5 rings (SSSR count). The summed E-state index contributed by atoms with van der Waals surface area (Å²) in [5.41, 5.74) is 0.0632. The lowest BCUT2D eigenvalue weighted by atomic mass is 9.41. The van der Waals surface area contributed by atoms with E-state index < -0.39 is 5.60 Å². The van der Waals surface area contributed by atoms with E-state index in [1.807, 2.05) is 18.5 Å². The average molecular weight is 460 g/mol. The lowest BCUT2D eigenvalue weighted by Crippen LogP contribution is -2.58. The van der Waals surface area contributed by atoms with Gasteiger partial charge >= 0.3 is 0 Å². The van der Waals surface area contributed by atoms with Gasteiger partial charge in [0.2, 0.25) is 0 Å². The number of fused-ring (bicyclic) bond motifs is 5. The molecule has 8 atom stereocenters. The van der Waals surface area contributed by atoms with Crippen molar-refractivity contribution in [3.8, 4) is 0 Å². The zero-order chi connectivity index (χ0) is 22.7. The van der Waals surface area contributed by atoms with Crippen molar-refractivity contribution in [2.45, 2.75) is 95.7 Å². The van der Waals surface area contributed by atoms with Crippen LogP contribution in [0.3, 0.4) is 0 Å². The van der Waals surface area contributed by atoms with Crippen LogP contribution >= 0.6 is 11.8 Å². The largest absolute Gasteiger partial charge is 0.390 e. The summed E-state index contributed by atoms with van der Waals surface area (Å²) in [4.78, 5) is 13.5. The molecule has 4 fully saturated rings. The number of Topliss-reactive ketones (excluding diaryl/α,β-unsaturated/α-hetero) is 1. The molecule has 0 radical (unpaired) electrons. The van der Waals surface area contributed by atoms with Crippen molar-refractivity contribution in [2.24, 2.45) is 47.5 Å². The summed E-state index contributed by atoms with van der Waals surface area (Å²) in [7, 11) is 1.94. The number of carbonyl (C=O) groups excluding carboxylic acids is 1. The van der Waals surface area contributed by atoms with E-state index >= 15 is 0 Å². The highest BCUT2D eigenvalue weighted by Gasteiger charge is 2.60. The van der Waals surface area contributed by atoms with Crippen LogP contribution in [0, 0.1) is 40.4 Å². The molecule has 1 heterocycles. The van der Waals surface area contributed by atoms with Gasteiger partial charge in [0.15, 0.2) is 5.16 Å². The van der Waals surface area contributed by atoms with Crippen LogP contribution in [0.25, 0.3) is 0 Å². The molecule has 5 nitrogen and oxygen atoms in total. The van der Waals surface area contributed by atoms with Crippen molar-refractivity contribution < 1.29 is 9.90 Å². The van der Waals surface area contributed by atoms with Gasteiger partial charge in [-0.05, 0) is 99.2 Å². The fourth-order valence-corrected chi connectivity index (χ4v) is 9.62. The second-order valence-corrected chi connectivity index (χ2v) is 13.3. The highest BCUT2D eigenvalue weighted by molar-refractivity contribution is 7.99. The molecule has 0 unspecified atom stereocenters. The van der Waals surface area contributed by atoms with Gasteiger partial charge in [-0.25, -0.2) is 0 Å². The smallest absolute Gasteiger partial charge is 0.191 e. The fraction of sp³-hybridized carbons (Fsp3) is 0.885. The number of aliphatic hydroxyl groups is 1. The molecule has 4 saturated carbocycles. The lowest BCUT2D eigenvalue weighted by molar-refractivity contribution is -0.168. The van der Waals surface area contributed by atoms with Crippen LogP contribution in [0.5, 0.6) is 0 Å². The van der Waals surface area contributed by atoms with Crippen LogP contribution < -0.4 is 0 Å². The zero-order valence-corrected chi connectivity index (χ0v) is 21.2. The van der Waals surface area contributed by atoms with E-state index in [1.54, 1.807) is 18.1 Å². The highest BCUT2D eigenvalue weighted by Crippen LogP contribution is 2.67. The molecule has 0 bridgehead atoms. The molecule has 0 aromatic carbocycles. The SMILES string of the molecule is Cn1cnnc1SCC(=O)[C@H]1CCC[C@H]2[C@@H]3CC[C@H]4C[C@](C)(O)CC[C@]4(C)[C@H]3CC[C@]12C. The van der Waals surface area contributed by atoms with E-state index in [0.717, 1.165) is 36.3 Å². The molecule has 0 amide bonds. The molecule has 178 valence electrons. The molecule has 32 heavy (non-hydrogen) atoms. The van der Waals surface area contributed by atoms with Gasteiger partial charge in [-0.3, -0.25) is 4.79 Å². The van der Waals surface area contributed by atoms with Gasteiger partial charge in [0, 0.05) is 13.0 Å². The molecule has 1 N–H and O–H groups in total. The number of carbonyl (C=O) groups is 1. The molecule has 1 aromatic rings. The summed E-state index contributed by atoms with van der Waals surface area (Å²) in [5, 5.41) is 19.7. The van der Waals surface area contributed by atoms with E-state index in [4.69, 9.17) is 0 Å². The van der Waals surface area contributed by atoms with Crippen LogP contribution in [-0.4, -0.2) is 37.0 Å². The van der Waals surface area contributed by atoms with Crippen molar-refractivity contribution in [2.75, 3.05) is 5.75 Å². The van der Waals surface area contributed by atoms with E-state index in [2.05, 4.69) is 24.0 Å². The van der Waals surface area contributed by atoms with Gasteiger partial charge in [-0.1, -0.05) is 32.0 Å². The molecule has 1 aromatic heterocycles. The van der Waals surface area contributed by atoms with E-state index in [9.17, 15) is 9.90 Å². The Balaban J connectivity index is 1.33. The number of aryl methyl sites for hydroxylation is 1. The highest BCUT2D eigenvalue weighted by atomic mass is 32.2. The minimum Gasteiger partial charge on any atom is -0.390 e. The normalized spacial score (nSPS) is 46.1. The first-order valence-corrected chi connectivity index (χ1v) is 13.8. The Bertz CT molecular complexity index is 869. The predicted molar refractivity (Wildman–Crippen MR) is 127 cm³/mol. The van der Waals surface area contributed by atoms with E-state index in [-0.39, 0.29) is 11.3 Å². The lowest BCUT2D eigenvalue weighted by Gasteiger charge is -2.64. The summed E-state index contributed by atoms with van der Waals surface area (Å²) in [6, 6.07) is 0. The summed E-state index contributed by atoms with van der Waals surface area (Å²) >= 11 is 1.55. The third-order valence-corrected chi connectivity index (χ3v) is 11.7. The third-order valence-electron chi connectivity index (χ3n) is 10.6. The van der Waals surface area contributed by atoms with E-state index in [0.29, 0.717) is 28.8 Å². The maximum atomic E-state index is 13.5. The summed E-state index contributed by atoms with van der Waals surface area (Å²) in [6.07, 6.45) is 13.4. The number of aromatic nitrogens is 3. The van der Waals surface area contributed by atoms with Gasteiger partial charge in [0.1, 0.15) is 12.1 Å². The molecular weight excluding hydrogens is 418 g/mol. The van der Waals surface area contributed by atoms with Crippen LogP contribution in [0.4, 0.5) is 0 Å². The average Bonchev–Trinajstić information content (AvgIpc) is 3.16. The second-order valence-electron chi connectivity index (χ2n) is 12.4. The van der Waals surface area contributed by atoms with Crippen LogP contribution in [0.2, 0.25) is 0 Å². The van der Waals surface area contributed by atoms with Crippen molar-refractivity contribution in [1.29, 1.82) is 0 Å². The standard InChI is InChI=1S/C26H41N3O2S/c1-24(31)12-13-25(2)17(14-24)8-9-18-19-6-5-7-21(26(19,3)11-10-20(18)25)22(30)15-32-23-28-27-16-29(23)4/h16-21,31H,5-15H2,1-4H3/t17-,18-,19-,20-,21+,24+,25-,26-/m0/s1. The van der Waals surface area contributed by atoms with Gasteiger partial charge in [-0.15, -0.1) is 10.2 Å². The zero-order valence-electron chi connectivity index (χ0n) is 20.3. The Morgan fingerprint density at radius 3 is 2.62 bits per heavy atom. The molecule has 6 heteroatoms. The predicted octanol–water partition coefficient (Wildman–Crippen LogP) is 5.28. The monoisotopic (exact) mass is 459 g/mol. The Kier molecular flexibility index (Phi) is 5.80. The van der Waals surface area contributed by atoms with Crippen LogP contribution in [0.15, 0.2) is 11.5 Å². The topological polar surface area (TPSA) is 68.0 Å². The van der Waals surface area contributed by atoms with Gasteiger partial charge in [0.25, 0.3) is 0 Å². The fourth-order valence-electron chi connectivity index (χ4n) is 8.80. The first-order valence-electron chi connectivity index (χ1n) is 12.9. The quantitative estimate of drug-likeness (QED) is 0.621. The second kappa shape index (κ2) is 8.11. The Morgan fingerprint density at radius 1 is 1.09 bits per heavy atom. The van der Waals surface area contributed by atoms with Crippen molar-refractivity contribution in [3.63, 3.8) is 0 Å². The molecular formula is C26H41N3O2S. The molecule has 0 aliphatic heterocycles. The molecule has 4 aliphatic carbocycles. The number of hydrogen-bond donors (Lipinski definition) is 1. The first-order chi connectivity index (χ1) is 15.1. The molecule has 4 aliphatic rings.